The maximum Gasteiger partial charge on any atom is 0.349 e. The van der Waals surface area contributed by atoms with E-state index in [-0.39, 0.29) is 0 Å². The van der Waals surface area contributed by atoms with Gasteiger partial charge in [-0.2, -0.15) is 0 Å². The predicted molar refractivity (Wildman–Crippen MR) is 91.2 cm³/mol. The van der Waals surface area contributed by atoms with E-state index < -0.39 is 11.6 Å². The summed E-state index contributed by atoms with van der Waals surface area (Å²) in [7, 11) is 1.36. The second-order valence-electron chi connectivity index (χ2n) is 5.73. The van der Waals surface area contributed by atoms with E-state index in [1.165, 1.54) is 7.11 Å². The molecule has 1 rings (SSSR count). The van der Waals surface area contributed by atoms with Gasteiger partial charge in [-0.05, 0) is 63.8 Å². The van der Waals surface area contributed by atoms with Crippen LogP contribution in [0.5, 0.6) is 11.5 Å². The molecule has 0 unspecified atom stereocenters. The minimum atomic E-state index is -1.02. The van der Waals surface area contributed by atoms with Crippen LogP contribution in [-0.2, 0) is 9.53 Å². The lowest BCUT2D eigenvalue weighted by Gasteiger charge is -2.25. The molecule has 0 N–H and O–H groups in total. The Morgan fingerprint density at radius 3 is 2.32 bits per heavy atom. The predicted octanol–water partition coefficient (Wildman–Crippen LogP) is 4.19. The molecule has 0 saturated carbocycles. The van der Waals surface area contributed by atoms with Gasteiger partial charge in [0.2, 0.25) is 0 Å². The van der Waals surface area contributed by atoms with E-state index in [4.69, 9.17) is 14.2 Å². The fraction of sp³-hybridized carbons (Fsp3) is 0.588. The molecule has 1 aromatic rings. The molecule has 0 radical (unpaired) electrons. The van der Waals surface area contributed by atoms with Crippen LogP contribution in [0.4, 0.5) is 0 Å². The van der Waals surface area contributed by atoms with Crippen LogP contribution in [-0.4, -0.2) is 30.6 Å². The molecule has 0 aliphatic carbocycles. The first-order chi connectivity index (χ1) is 10.3. The number of carbonyl (C=O) groups is 1. The van der Waals surface area contributed by atoms with Crippen molar-refractivity contribution in [2.75, 3.05) is 19.0 Å². The summed E-state index contributed by atoms with van der Waals surface area (Å²) in [4.78, 5) is 11.7. The molecule has 0 saturated heterocycles. The van der Waals surface area contributed by atoms with Gasteiger partial charge in [0.1, 0.15) is 11.5 Å². The molecule has 0 spiro atoms. The van der Waals surface area contributed by atoms with E-state index in [0.717, 1.165) is 35.0 Å². The number of benzene rings is 1. The van der Waals surface area contributed by atoms with Crippen molar-refractivity contribution in [3.8, 4) is 11.5 Å². The lowest BCUT2D eigenvalue weighted by Crippen LogP contribution is -2.39. The number of aryl methyl sites for hydroxylation is 2. The third-order valence-electron chi connectivity index (χ3n) is 3.30. The fourth-order valence-electron chi connectivity index (χ4n) is 1.97. The molecule has 4 nitrogen and oxygen atoms in total. The molecule has 0 fully saturated rings. The summed E-state index contributed by atoms with van der Waals surface area (Å²) >= 11 is 3.41. The average Bonchev–Trinajstić information content (AvgIpc) is 2.47. The summed E-state index contributed by atoms with van der Waals surface area (Å²) in [5.74, 6) is 1.12. The number of esters is 1. The van der Waals surface area contributed by atoms with Crippen LogP contribution < -0.4 is 9.47 Å². The van der Waals surface area contributed by atoms with Gasteiger partial charge in [0.15, 0.2) is 5.60 Å². The van der Waals surface area contributed by atoms with E-state index in [2.05, 4.69) is 15.9 Å². The normalized spacial score (nSPS) is 11.2. The quantitative estimate of drug-likeness (QED) is 0.389. The van der Waals surface area contributed by atoms with Gasteiger partial charge in [-0.25, -0.2) is 4.79 Å². The first-order valence-corrected chi connectivity index (χ1v) is 8.51. The molecule has 1 aromatic carbocycles. The Hall–Kier alpha value is -1.23. The fourth-order valence-corrected chi connectivity index (χ4v) is 2.37. The molecule has 0 heterocycles. The maximum atomic E-state index is 11.7. The molecule has 0 aromatic heterocycles. The van der Waals surface area contributed by atoms with Crippen molar-refractivity contribution in [2.24, 2.45) is 0 Å². The number of hydrogen-bond acceptors (Lipinski definition) is 4. The Kier molecular flexibility index (Phi) is 7.20. The van der Waals surface area contributed by atoms with Crippen LogP contribution in [0.25, 0.3) is 0 Å². The SMILES string of the molecule is COC(=O)C(C)(C)Oc1cc(C)c(OCCCCBr)cc1C. The number of hydrogen-bond donors (Lipinski definition) is 0. The third-order valence-corrected chi connectivity index (χ3v) is 3.86. The van der Waals surface area contributed by atoms with E-state index in [0.29, 0.717) is 12.4 Å². The van der Waals surface area contributed by atoms with Gasteiger partial charge in [-0.1, -0.05) is 15.9 Å². The van der Waals surface area contributed by atoms with Crippen LogP contribution >= 0.6 is 15.9 Å². The zero-order valence-corrected chi connectivity index (χ0v) is 15.6. The van der Waals surface area contributed by atoms with Gasteiger partial charge in [0.25, 0.3) is 0 Å². The topological polar surface area (TPSA) is 44.8 Å². The second-order valence-corrected chi connectivity index (χ2v) is 6.52. The molecule has 0 aliphatic heterocycles. The van der Waals surface area contributed by atoms with Crippen LogP contribution in [0.3, 0.4) is 0 Å². The minimum Gasteiger partial charge on any atom is -0.493 e. The molecule has 0 atom stereocenters. The number of carbonyl (C=O) groups excluding carboxylic acids is 1. The van der Waals surface area contributed by atoms with Crippen LogP contribution in [0.15, 0.2) is 12.1 Å². The first-order valence-electron chi connectivity index (χ1n) is 7.39. The summed E-state index contributed by atoms with van der Waals surface area (Å²) < 4.78 is 16.4. The summed E-state index contributed by atoms with van der Waals surface area (Å²) in [6.45, 7) is 7.99. The number of rotatable bonds is 8. The van der Waals surface area contributed by atoms with Crippen molar-refractivity contribution in [3.05, 3.63) is 23.3 Å². The highest BCUT2D eigenvalue weighted by Crippen LogP contribution is 2.30. The zero-order valence-electron chi connectivity index (χ0n) is 14.0. The maximum absolute atomic E-state index is 11.7. The number of methoxy groups -OCH3 is 1. The molecular formula is C17H25BrO4. The number of ether oxygens (including phenoxy) is 3. The highest BCUT2D eigenvalue weighted by molar-refractivity contribution is 9.09. The van der Waals surface area contributed by atoms with Crippen molar-refractivity contribution < 1.29 is 19.0 Å². The number of halogens is 1. The van der Waals surface area contributed by atoms with Crippen molar-refractivity contribution in [3.63, 3.8) is 0 Å². The Labute approximate surface area is 141 Å². The highest BCUT2D eigenvalue weighted by Gasteiger charge is 2.31. The van der Waals surface area contributed by atoms with Crippen molar-refractivity contribution in [1.82, 2.24) is 0 Å². The van der Waals surface area contributed by atoms with Gasteiger partial charge in [0, 0.05) is 5.33 Å². The van der Waals surface area contributed by atoms with Crippen LogP contribution in [0, 0.1) is 13.8 Å². The molecule has 22 heavy (non-hydrogen) atoms. The Morgan fingerprint density at radius 2 is 1.73 bits per heavy atom. The third kappa shape index (κ3) is 5.20. The monoisotopic (exact) mass is 372 g/mol. The molecule has 0 amide bonds. The van der Waals surface area contributed by atoms with Gasteiger partial charge in [0.05, 0.1) is 13.7 Å². The van der Waals surface area contributed by atoms with Crippen molar-refractivity contribution >= 4 is 21.9 Å². The van der Waals surface area contributed by atoms with Gasteiger partial charge < -0.3 is 14.2 Å². The van der Waals surface area contributed by atoms with Gasteiger partial charge >= 0.3 is 5.97 Å². The van der Waals surface area contributed by atoms with E-state index in [1.54, 1.807) is 13.8 Å². The summed E-state index contributed by atoms with van der Waals surface area (Å²) in [6, 6.07) is 3.85. The van der Waals surface area contributed by atoms with Crippen LogP contribution in [0.2, 0.25) is 0 Å². The van der Waals surface area contributed by atoms with E-state index in [9.17, 15) is 4.79 Å². The average molecular weight is 373 g/mol. The lowest BCUT2D eigenvalue weighted by molar-refractivity contribution is -0.156. The smallest absolute Gasteiger partial charge is 0.349 e. The van der Waals surface area contributed by atoms with Crippen molar-refractivity contribution in [1.29, 1.82) is 0 Å². The van der Waals surface area contributed by atoms with Crippen molar-refractivity contribution in [2.45, 2.75) is 46.1 Å². The van der Waals surface area contributed by atoms with Gasteiger partial charge in [-0.3, -0.25) is 0 Å². The molecule has 5 heteroatoms. The van der Waals surface area contributed by atoms with E-state index >= 15 is 0 Å². The molecule has 0 aliphatic rings. The van der Waals surface area contributed by atoms with Crippen LogP contribution in [0.1, 0.15) is 37.8 Å². The lowest BCUT2D eigenvalue weighted by atomic mass is 10.1. The highest BCUT2D eigenvalue weighted by atomic mass is 79.9. The second kappa shape index (κ2) is 8.42. The summed E-state index contributed by atoms with van der Waals surface area (Å²) in [6.07, 6.45) is 2.10. The molecule has 0 bridgehead atoms. The summed E-state index contributed by atoms with van der Waals surface area (Å²) in [5, 5.41) is 0.990. The first kappa shape index (κ1) is 18.8. The number of unbranched alkanes of at least 4 members (excludes halogenated alkanes) is 1. The number of alkyl halides is 1. The summed E-state index contributed by atoms with van der Waals surface area (Å²) in [5.41, 5.74) is 0.891. The largest absolute Gasteiger partial charge is 0.493 e. The Morgan fingerprint density at radius 1 is 1.14 bits per heavy atom. The molecular weight excluding hydrogens is 348 g/mol. The zero-order chi connectivity index (χ0) is 16.8. The minimum absolute atomic E-state index is 0.403. The Bertz CT molecular complexity index is 512. The van der Waals surface area contributed by atoms with Gasteiger partial charge in [-0.15, -0.1) is 0 Å². The standard InChI is InChI=1S/C17H25BrO4/c1-12-11-15(22-17(3,4)16(19)20-5)13(2)10-14(12)21-9-7-6-8-18/h10-11H,6-9H2,1-5H3. The van der Waals surface area contributed by atoms with E-state index in [1.807, 2.05) is 26.0 Å². The molecule has 124 valence electrons. The Balaban J connectivity index is 2.83.